The van der Waals surface area contributed by atoms with Crippen LogP contribution in [0.1, 0.15) is 11.1 Å². The number of nitrogens with zero attached hydrogens (tertiary/aromatic N) is 1. The van der Waals surface area contributed by atoms with Gasteiger partial charge in [0.25, 0.3) is 0 Å². The zero-order chi connectivity index (χ0) is 10.5. The van der Waals surface area contributed by atoms with Crippen molar-refractivity contribution in [1.82, 2.24) is 0 Å². The lowest BCUT2D eigenvalue weighted by molar-refractivity contribution is -0.567. The van der Waals surface area contributed by atoms with Gasteiger partial charge in [-0.1, -0.05) is 30.3 Å². The first kappa shape index (κ1) is 12.7. The first-order valence-electron chi connectivity index (χ1n) is 5.05. The SMILES string of the molecule is Cc1ccc[n+](C=Cc2ccccc2)c1.[Br-]. The van der Waals surface area contributed by atoms with Crippen LogP contribution in [0.5, 0.6) is 0 Å². The molecule has 0 atom stereocenters. The van der Waals surface area contributed by atoms with Crippen molar-refractivity contribution in [2.75, 3.05) is 0 Å². The minimum Gasteiger partial charge on any atom is -1.00 e. The molecule has 2 aromatic rings. The maximum absolute atomic E-state index is 2.10. The molecular weight excluding hydrogens is 262 g/mol. The lowest BCUT2D eigenvalue weighted by atomic mass is 10.2. The number of aromatic nitrogens is 1. The van der Waals surface area contributed by atoms with Crippen LogP contribution in [-0.4, -0.2) is 0 Å². The third-order valence-electron chi connectivity index (χ3n) is 2.21. The Balaban J connectivity index is 0.00000128. The quantitative estimate of drug-likeness (QED) is 0.675. The Hall–Kier alpha value is -1.41. The first-order valence-corrected chi connectivity index (χ1v) is 5.05. The zero-order valence-corrected chi connectivity index (χ0v) is 10.8. The lowest BCUT2D eigenvalue weighted by Crippen LogP contribution is -3.00. The van der Waals surface area contributed by atoms with Gasteiger partial charge in [0.1, 0.15) is 0 Å². The van der Waals surface area contributed by atoms with Gasteiger partial charge in [-0.25, -0.2) is 0 Å². The summed E-state index contributed by atoms with van der Waals surface area (Å²) in [7, 11) is 0. The minimum atomic E-state index is 0. The van der Waals surface area contributed by atoms with E-state index < -0.39 is 0 Å². The van der Waals surface area contributed by atoms with E-state index in [9.17, 15) is 0 Å². The molecule has 0 aliphatic carbocycles. The molecule has 0 bridgehead atoms. The zero-order valence-electron chi connectivity index (χ0n) is 9.18. The van der Waals surface area contributed by atoms with Gasteiger partial charge in [-0.3, -0.25) is 0 Å². The number of hydrogen-bond acceptors (Lipinski definition) is 0. The fourth-order valence-corrected chi connectivity index (χ4v) is 1.44. The highest BCUT2D eigenvalue weighted by Gasteiger charge is 1.94. The minimum absolute atomic E-state index is 0. The van der Waals surface area contributed by atoms with Crippen LogP contribution in [0.3, 0.4) is 0 Å². The molecule has 0 amide bonds. The Morgan fingerprint density at radius 3 is 2.44 bits per heavy atom. The van der Waals surface area contributed by atoms with Crippen LogP contribution < -0.4 is 21.5 Å². The molecule has 0 fully saturated rings. The van der Waals surface area contributed by atoms with Crippen LogP contribution in [0.2, 0.25) is 0 Å². The second-order valence-corrected chi connectivity index (χ2v) is 3.55. The van der Waals surface area contributed by atoms with E-state index in [1.807, 2.05) is 30.5 Å². The van der Waals surface area contributed by atoms with Gasteiger partial charge in [0.05, 0.1) is 0 Å². The highest BCUT2D eigenvalue weighted by molar-refractivity contribution is 5.56. The molecule has 1 aromatic heterocycles. The Kier molecular flexibility index (Phi) is 4.93. The van der Waals surface area contributed by atoms with E-state index in [4.69, 9.17) is 0 Å². The largest absolute Gasteiger partial charge is 1.00 e. The molecule has 0 saturated heterocycles. The number of benzene rings is 1. The van der Waals surface area contributed by atoms with Gasteiger partial charge in [0.2, 0.25) is 0 Å². The van der Waals surface area contributed by atoms with Gasteiger partial charge >= 0.3 is 0 Å². The Labute approximate surface area is 107 Å². The van der Waals surface area contributed by atoms with Crippen molar-refractivity contribution < 1.29 is 21.5 Å². The molecule has 0 aliphatic heterocycles. The summed E-state index contributed by atoms with van der Waals surface area (Å²) < 4.78 is 2.06. The number of halogens is 1. The molecule has 0 saturated carbocycles. The average molecular weight is 276 g/mol. The van der Waals surface area contributed by atoms with Crippen LogP contribution >= 0.6 is 0 Å². The third-order valence-corrected chi connectivity index (χ3v) is 2.21. The van der Waals surface area contributed by atoms with Crippen molar-refractivity contribution in [2.24, 2.45) is 0 Å². The Morgan fingerprint density at radius 2 is 1.75 bits per heavy atom. The van der Waals surface area contributed by atoms with Gasteiger partial charge < -0.3 is 17.0 Å². The summed E-state index contributed by atoms with van der Waals surface area (Å²) >= 11 is 0. The predicted molar refractivity (Wildman–Crippen MR) is 63.0 cm³/mol. The molecule has 2 rings (SSSR count). The maximum atomic E-state index is 2.10. The molecule has 2 heteroatoms. The molecule has 1 nitrogen and oxygen atoms in total. The van der Waals surface area contributed by atoms with Crippen LogP contribution in [0.4, 0.5) is 0 Å². The number of pyridine rings is 1. The van der Waals surface area contributed by atoms with Crippen LogP contribution in [0.25, 0.3) is 12.3 Å². The summed E-state index contributed by atoms with van der Waals surface area (Å²) in [6, 6.07) is 14.4. The van der Waals surface area contributed by atoms with Gasteiger partial charge in [0.15, 0.2) is 18.6 Å². The highest BCUT2D eigenvalue weighted by Crippen LogP contribution is 2.00. The molecule has 0 aliphatic rings. The molecule has 0 unspecified atom stereocenters. The molecule has 1 heterocycles. The third kappa shape index (κ3) is 3.63. The van der Waals surface area contributed by atoms with Crippen molar-refractivity contribution in [3.05, 3.63) is 66.0 Å². The van der Waals surface area contributed by atoms with Gasteiger partial charge in [-0.2, -0.15) is 4.57 Å². The number of aryl methyl sites for hydroxylation is 1. The van der Waals surface area contributed by atoms with E-state index in [-0.39, 0.29) is 17.0 Å². The fraction of sp³-hybridized carbons (Fsp3) is 0.0714. The number of hydrogen-bond donors (Lipinski definition) is 0. The highest BCUT2D eigenvalue weighted by atomic mass is 79.9. The van der Waals surface area contributed by atoms with Crippen LogP contribution in [0, 0.1) is 6.92 Å². The summed E-state index contributed by atoms with van der Waals surface area (Å²) in [5.74, 6) is 0. The van der Waals surface area contributed by atoms with E-state index in [1.54, 1.807) is 0 Å². The molecule has 82 valence electrons. The van der Waals surface area contributed by atoms with E-state index in [2.05, 4.69) is 48.2 Å². The predicted octanol–water partition coefficient (Wildman–Crippen LogP) is -0.0856. The Bertz CT molecular complexity index is 463. The standard InChI is InChI=1S/C14H14N.BrH/c1-13-6-5-10-15(12-13)11-9-14-7-3-2-4-8-14;/h2-12H,1H3;1H/q+1;/p-1. The summed E-state index contributed by atoms with van der Waals surface area (Å²) in [5.41, 5.74) is 2.47. The van der Waals surface area contributed by atoms with Crippen molar-refractivity contribution in [3.63, 3.8) is 0 Å². The molecular formula is C14H14BrN. The van der Waals surface area contributed by atoms with Crippen molar-refractivity contribution in [3.8, 4) is 0 Å². The summed E-state index contributed by atoms with van der Waals surface area (Å²) in [6.45, 7) is 2.09. The van der Waals surface area contributed by atoms with Gasteiger partial charge in [-0.05, 0) is 18.6 Å². The van der Waals surface area contributed by atoms with Crippen LogP contribution in [-0.2, 0) is 0 Å². The van der Waals surface area contributed by atoms with Crippen molar-refractivity contribution in [1.29, 1.82) is 0 Å². The normalized spacial score (nSPS) is 10.1. The Morgan fingerprint density at radius 1 is 1.00 bits per heavy atom. The summed E-state index contributed by atoms with van der Waals surface area (Å²) in [4.78, 5) is 0. The smallest absolute Gasteiger partial charge is 0.177 e. The summed E-state index contributed by atoms with van der Waals surface area (Å²) in [6.07, 6.45) is 8.29. The monoisotopic (exact) mass is 275 g/mol. The molecule has 0 N–H and O–H groups in total. The van der Waals surface area contributed by atoms with Gasteiger partial charge in [0, 0.05) is 17.7 Å². The fourth-order valence-electron chi connectivity index (χ4n) is 1.44. The topological polar surface area (TPSA) is 3.88 Å². The molecule has 0 radical (unpaired) electrons. The van der Waals surface area contributed by atoms with Crippen molar-refractivity contribution >= 4 is 12.3 Å². The average Bonchev–Trinajstić information content (AvgIpc) is 2.28. The van der Waals surface area contributed by atoms with E-state index in [0.717, 1.165) is 0 Å². The molecule has 1 aromatic carbocycles. The number of rotatable bonds is 2. The second kappa shape index (κ2) is 6.23. The van der Waals surface area contributed by atoms with E-state index in [1.165, 1.54) is 11.1 Å². The van der Waals surface area contributed by atoms with E-state index >= 15 is 0 Å². The molecule has 0 spiro atoms. The maximum Gasteiger partial charge on any atom is 0.177 e. The second-order valence-electron chi connectivity index (χ2n) is 3.55. The van der Waals surface area contributed by atoms with Crippen molar-refractivity contribution in [2.45, 2.75) is 6.92 Å². The van der Waals surface area contributed by atoms with Gasteiger partial charge in [-0.15, -0.1) is 0 Å². The molecule has 16 heavy (non-hydrogen) atoms. The van der Waals surface area contributed by atoms with Crippen LogP contribution in [0.15, 0.2) is 54.9 Å². The first-order chi connectivity index (χ1) is 7.34. The summed E-state index contributed by atoms with van der Waals surface area (Å²) in [5, 5.41) is 0. The lowest BCUT2D eigenvalue weighted by Gasteiger charge is -1.91. The van der Waals surface area contributed by atoms with E-state index in [0.29, 0.717) is 0 Å².